The normalized spacial score (nSPS) is 19.1. The largest absolute Gasteiger partial charge is 0.356 e. The average molecular weight is 291 g/mol. The smallest absolute Gasteiger partial charge is 0.148 e. The highest BCUT2D eigenvalue weighted by atomic mass is 15.3. The summed E-state index contributed by atoms with van der Waals surface area (Å²) in [7, 11) is 0. The van der Waals surface area contributed by atoms with Gasteiger partial charge in [-0.3, -0.25) is 0 Å². The number of nitrogens with two attached hydrogens (primary N) is 1. The molecule has 1 aromatic heterocycles. The van der Waals surface area contributed by atoms with Crippen LogP contribution in [-0.2, 0) is 6.42 Å². The Labute approximate surface area is 128 Å². The Balaban J connectivity index is 2.29. The molecule has 1 aromatic rings. The predicted octanol–water partition coefficient (Wildman–Crippen LogP) is 2.90. The number of aryl methyl sites for hydroxylation is 1. The van der Waals surface area contributed by atoms with Crippen LogP contribution in [0.5, 0.6) is 0 Å². The van der Waals surface area contributed by atoms with E-state index in [1.807, 2.05) is 6.92 Å². The van der Waals surface area contributed by atoms with Crippen LogP contribution in [-0.4, -0.2) is 23.1 Å². The molecule has 118 valence electrons. The lowest BCUT2D eigenvalue weighted by atomic mass is 9.80. The van der Waals surface area contributed by atoms with E-state index in [1.165, 1.54) is 6.42 Å². The van der Waals surface area contributed by atoms with Crippen molar-refractivity contribution < 1.29 is 0 Å². The first-order valence-corrected chi connectivity index (χ1v) is 7.95. The SMILES string of the molecule is CCCc1nc(NN)c(C)c(N2CCC(C(C)(C)C)C2)n1. The molecule has 1 unspecified atom stereocenters. The van der Waals surface area contributed by atoms with Crippen molar-refractivity contribution in [2.45, 2.75) is 53.9 Å². The minimum Gasteiger partial charge on any atom is -0.356 e. The van der Waals surface area contributed by atoms with Crippen molar-refractivity contribution >= 4 is 11.6 Å². The molecule has 0 aromatic carbocycles. The maximum absolute atomic E-state index is 5.62. The second-order valence-corrected chi connectivity index (χ2v) is 7.13. The minimum absolute atomic E-state index is 0.344. The van der Waals surface area contributed by atoms with Gasteiger partial charge in [0.25, 0.3) is 0 Å². The first kappa shape index (κ1) is 16.0. The van der Waals surface area contributed by atoms with Crippen LogP contribution < -0.4 is 16.2 Å². The van der Waals surface area contributed by atoms with E-state index in [-0.39, 0.29) is 0 Å². The second-order valence-electron chi connectivity index (χ2n) is 7.13. The molecule has 2 heterocycles. The lowest BCUT2D eigenvalue weighted by molar-refractivity contribution is 0.263. The summed E-state index contributed by atoms with van der Waals surface area (Å²) in [6, 6.07) is 0. The van der Waals surface area contributed by atoms with Gasteiger partial charge < -0.3 is 10.3 Å². The molecule has 21 heavy (non-hydrogen) atoms. The number of nitrogens with one attached hydrogen (secondary N) is 1. The van der Waals surface area contributed by atoms with E-state index in [1.54, 1.807) is 0 Å². The van der Waals surface area contributed by atoms with Crippen molar-refractivity contribution in [3.05, 3.63) is 11.4 Å². The number of nitrogens with zero attached hydrogens (tertiary/aromatic N) is 3. The van der Waals surface area contributed by atoms with Crippen molar-refractivity contribution in [2.75, 3.05) is 23.4 Å². The molecule has 1 saturated heterocycles. The summed E-state index contributed by atoms with van der Waals surface area (Å²) in [4.78, 5) is 11.7. The fourth-order valence-corrected chi connectivity index (χ4v) is 2.99. The predicted molar refractivity (Wildman–Crippen MR) is 88.3 cm³/mol. The zero-order valence-electron chi connectivity index (χ0n) is 14.0. The summed E-state index contributed by atoms with van der Waals surface area (Å²) < 4.78 is 0. The van der Waals surface area contributed by atoms with E-state index in [0.717, 1.165) is 49.0 Å². The molecule has 5 heteroatoms. The highest BCUT2D eigenvalue weighted by Crippen LogP contribution is 2.36. The van der Waals surface area contributed by atoms with Gasteiger partial charge in [-0.15, -0.1) is 0 Å². The topological polar surface area (TPSA) is 67.1 Å². The van der Waals surface area contributed by atoms with Crippen LogP contribution in [0.2, 0.25) is 0 Å². The Morgan fingerprint density at radius 2 is 2.05 bits per heavy atom. The van der Waals surface area contributed by atoms with Crippen LogP contribution in [0.15, 0.2) is 0 Å². The lowest BCUT2D eigenvalue weighted by Gasteiger charge is -2.28. The number of hydrogen-bond donors (Lipinski definition) is 2. The van der Waals surface area contributed by atoms with E-state index in [2.05, 4.69) is 43.0 Å². The summed E-state index contributed by atoms with van der Waals surface area (Å²) in [5, 5.41) is 0. The van der Waals surface area contributed by atoms with Crippen molar-refractivity contribution in [2.24, 2.45) is 17.2 Å². The third-order valence-corrected chi connectivity index (χ3v) is 4.49. The third-order valence-electron chi connectivity index (χ3n) is 4.49. The van der Waals surface area contributed by atoms with Gasteiger partial charge in [-0.05, 0) is 31.1 Å². The standard InChI is InChI=1S/C16H29N5/c1-6-7-13-18-14(20-17)11(2)15(19-13)21-9-8-12(10-21)16(3,4)5/h12H,6-10,17H2,1-5H3,(H,18,19,20). The van der Waals surface area contributed by atoms with Crippen LogP contribution in [0, 0.1) is 18.3 Å². The van der Waals surface area contributed by atoms with E-state index < -0.39 is 0 Å². The first-order valence-electron chi connectivity index (χ1n) is 7.95. The van der Waals surface area contributed by atoms with Gasteiger partial charge in [0, 0.05) is 25.1 Å². The third kappa shape index (κ3) is 3.46. The fourth-order valence-electron chi connectivity index (χ4n) is 2.99. The number of anilines is 2. The van der Waals surface area contributed by atoms with Gasteiger partial charge in [-0.2, -0.15) is 0 Å². The molecule has 1 aliphatic rings. The first-order chi connectivity index (χ1) is 9.86. The zero-order valence-corrected chi connectivity index (χ0v) is 14.0. The van der Waals surface area contributed by atoms with E-state index in [9.17, 15) is 0 Å². The lowest BCUT2D eigenvalue weighted by Crippen LogP contribution is -2.27. The quantitative estimate of drug-likeness (QED) is 0.659. The molecule has 0 saturated carbocycles. The summed E-state index contributed by atoms with van der Waals surface area (Å²) in [5.41, 5.74) is 4.11. The highest BCUT2D eigenvalue weighted by molar-refractivity contribution is 5.58. The summed E-state index contributed by atoms with van der Waals surface area (Å²) in [5.74, 6) is 9.01. The van der Waals surface area contributed by atoms with Crippen LogP contribution in [0.1, 0.15) is 51.9 Å². The van der Waals surface area contributed by atoms with Crippen LogP contribution >= 0.6 is 0 Å². The molecule has 0 aliphatic carbocycles. The van der Waals surface area contributed by atoms with E-state index >= 15 is 0 Å². The van der Waals surface area contributed by atoms with Crippen LogP contribution in [0.3, 0.4) is 0 Å². The van der Waals surface area contributed by atoms with Crippen molar-refractivity contribution in [1.82, 2.24) is 9.97 Å². The van der Waals surface area contributed by atoms with Gasteiger partial charge in [0.1, 0.15) is 17.5 Å². The van der Waals surface area contributed by atoms with Gasteiger partial charge in [0.15, 0.2) is 0 Å². The zero-order chi connectivity index (χ0) is 15.6. The average Bonchev–Trinajstić information content (AvgIpc) is 2.90. The molecule has 0 spiro atoms. The Morgan fingerprint density at radius 3 is 2.57 bits per heavy atom. The molecular weight excluding hydrogens is 262 g/mol. The second kappa shape index (κ2) is 6.18. The van der Waals surface area contributed by atoms with Gasteiger partial charge in [-0.1, -0.05) is 27.7 Å². The number of nitrogen functional groups attached to an aromatic ring is 1. The molecule has 1 atom stereocenters. The maximum atomic E-state index is 5.62. The van der Waals surface area contributed by atoms with Crippen molar-refractivity contribution in [1.29, 1.82) is 0 Å². The molecule has 0 radical (unpaired) electrons. The molecule has 3 N–H and O–H groups in total. The van der Waals surface area contributed by atoms with Crippen LogP contribution in [0.25, 0.3) is 0 Å². The Kier molecular flexibility index (Phi) is 4.71. The molecular formula is C16H29N5. The Hall–Kier alpha value is -1.36. The van der Waals surface area contributed by atoms with E-state index in [4.69, 9.17) is 10.8 Å². The molecule has 1 aliphatic heterocycles. The van der Waals surface area contributed by atoms with Gasteiger partial charge in [0.2, 0.25) is 0 Å². The molecule has 1 fully saturated rings. The van der Waals surface area contributed by atoms with Crippen molar-refractivity contribution in [3.8, 4) is 0 Å². The summed E-state index contributed by atoms with van der Waals surface area (Å²) in [6.07, 6.45) is 3.15. The summed E-state index contributed by atoms with van der Waals surface area (Å²) >= 11 is 0. The minimum atomic E-state index is 0.344. The van der Waals surface area contributed by atoms with Crippen LogP contribution in [0.4, 0.5) is 11.6 Å². The Morgan fingerprint density at radius 1 is 1.33 bits per heavy atom. The number of aromatic nitrogens is 2. The molecule has 2 rings (SSSR count). The number of hydrazine groups is 1. The molecule has 0 amide bonds. The Bertz CT molecular complexity index is 492. The van der Waals surface area contributed by atoms with E-state index in [0.29, 0.717) is 11.3 Å². The van der Waals surface area contributed by atoms with Gasteiger partial charge in [-0.25, -0.2) is 15.8 Å². The van der Waals surface area contributed by atoms with Gasteiger partial charge >= 0.3 is 0 Å². The highest BCUT2D eigenvalue weighted by Gasteiger charge is 2.33. The molecule has 5 nitrogen and oxygen atoms in total. The number of hydrogen-bond acceptors (Lipinski definition) is 5. The number of rotatable bonds is 4. The monoisotopic (exact) mass is 291 g/mol. The van der Waals surface area contributed by atoms with Crippen molar-refractivity contribution in [3.63, 3.8) is 0 Å². The molecule has 0 bridgehead atoms. The fraction of sp³-hybridized carbons (Fsp3) is 0.750. The summed E-state index contributed by atoms with van der Waals surface area (Å²) in [6.45, 7) is 13.3. The maximum Gasteiger partial charge on any atom is 0.148 e. The van der Waals surface area contributed by atoms with Gasteiger partial charge in [0.05, 0.1) is 0 Å².